The average Bonchev–Trinajstić information content (AvgIpc) is 3.17. The van der Waals surface area contributed by atoms with Gasteiger partial charge in [-0.05, 0) is 23.9 Å². The van der Waals surface area contributed by atoms with Crippen LogP contribution in [0.3, 0.4) is 0 Å². The number of aromatic nitrogens is 2. The summed E-state index contributed by atoms with van der Waals surface area (Å²) < 4.78 is 6.09. The molecule has 0 saturated heterocycles. The number of carbonyl (C=O) groups is 1. The number of nitrogens with one attached hydrogen (secondary N) is 1. The third kappa shape index (κ3) is 3.75. The molecule has 0 radical (unpaired) electrons. The number of nitrogens with zero attached hydrogens (tertiary/aromatic N) is 2. The summed E-state index contributed by atoms with van der Waals surface area (Å²) in [6, 6.07) is 11.5. The summed E-state index contributed by atoms with van der Waals surface area (Å²) in [6.07, 6.45) is 0. The summed E-state index contributed by atoms with van der Waals surface area (Å²) in [5.74, 6) is -0.700. The van der Waals surface area contributed by atoms with E-state index in [4.69, 9.17) is 4.42 Å². The molecule has 23 heavy (non-hydrogen) atoms. The molecule has 118 valence electrons. The molecule has 0 aliphatic rings. The Labute approximate surface area is 136 Å². The monoisotopic (exact) mass is 329 g/mol. The summed E-state index contributed by atoms with van der Waals surface area (Å²) in [7, 11) is 0. The van der Waals surface area contributed by atoms with Crippen LogP contribution in [0.1, 0.15) is 11.1 Å². The molecule has 0 aliphatic carbocycles. The maximum atomic E-state index is 12.0. The van der Waals surface area contributed by atoms with Gasteiger partial charge in [-0.3, -0.25) is 4.79 Å². The number of hydrogen-bond acceptors (Lipinski definition) is 5. The van der Waals surface area contributed by atoms with E-state index in [-0.39, 0.29) is 18.3 Å². The maximum absolute atomic E-state index is 12.0. The zero-order valence-electron chi connectivity index (χ0n) is 12.5. The van der Waals surface area contributed by atoms with E-state index in [9.17, 15) is 9.59 Å². The Morgan fingerprint density at radius 3 is 2.78 bits per heavy atom. The Morgan fingerprint density at radius 1 is 1.30 bits per heavy atom. The minimum Gasteiger partial charge on any atom is -0.387 e. The zero-order chi connectivity index (χ0) is 16.2. The second kappa shape index (κ2) is 6.62. The van der Waals surface area contributed by atoms with Gasteiger partial charge in [0.2, 0.25) is 5.91 Å². The number of amides is 1. The molecule has 0 saturated carbocycles. The summed E-state index contributed by atoms with van der Waals surface area (Å²) in [5, 5.41) is 8.67. The molecule has 0 spiro atoms. The largest absolute Gasteiger partial charge is 0.437 e. The number of carbonyl (C=O) groups excluding carboxylic acids is 1. The number of rotatable bonds is 5. The minimum absolute atomic E-state index is 0.167. The fraction of sp³-hybridized carbons (Fsp3) is 0.188. The summed E-state index contributed by atoms with van der Waals surface area (Å²) in [6.45, 7) is 2.24. The third-order valence-corrected chi connectivity index (χ3v) is 4.10. The predicted octanol–water partition coefficient (Wildman–Crippen LogP) is 2.19. The van der Waals surface area contributed by atoms with Crippen LogP contribution in [0.15, 0.2) is 51.0 Å². The van der Waals surface area contributed by atoms with Gasteiger partial charge in [-0.15, -0.1) is 16.4 Å². The molecular weight excluding hydrogens is 314 g/mol. The lowest BCUT2D eigenvalue weighted by atomic mass is 10.1. The summed E-state index contributed by atoms with van der Waals surface area (Å²) in [4.78, 5) is 24.4. The first-order valence-electron chi connectivity index (χ1n) is 7.06. The second-order valence-corrected chi connectivity index (χ2v) is 6.02. The molecular formula is C16H15N3O3S. The molecule has 1 aromatic carbocycles. The smallest absolute Gasteiger partial charge is 0.387 e. The first-order chi connectivity index (χ1) is 11.1. The molecule has 0 fully saturated rings. The van der Waals surface area contributed by atoms with Crippen LogP contribution in [0, 0.1) is 6.92 Å². The molecule has 7 heteroatoms. The van der Waals surface area contributed by atoms with Gasteiger partial charge in [-0.25, -0.2) is 4.79 Å². The van der Waals surface area contributed by atoms with Crippen LogP contribution in [0.5, 0.6) is 0 Å². The highest BCUT2D eigenvalue weighted by Gasteiger charge is 2.13. The van der Waals surface area contributed by atoms with Crippen molar-refractivity contribution in [2.45, 2.75) is 20.0 Å². The predicted molar refractivity (Wildman–Crippen MR) is 87.1 cm³/mol. The van der Waals surface area contributed by atoms with E-state index in [0.717, 1.165) is 20.7 Å². The lowest BCUT2D eigenvalue weighted by molar-refractivity contribution is -0.122. The van der Waals surface area contributed by atoms with Gasteiger partial charge < -0.3 is 9.73 Å². The van der Waals surface area contributed by atoms with Crippen LogP contribution in [-0.2, 0) is 17.9 Å². The van der Waals surface area contributed by atoms with E-state index < -0.39 is 5.76 Å². The van der Waals surface area contributed by atoms with Gasteiger partial charge in [0.25, 0.3) is 5.89 Å². The van der Waals surface area contributed by atoms with E-state index in [1.54, 1.807) is 6.07 Å². The molecule has 0 aliphatic heterocycles. The highest BCUT2D eigenvalue weighted by atomic mass is 32.1. The number of benzene rings is 1. The fourth-order valence-corrected chi connectivity index (χ4v) is 2.65. The van der Waals surface area contributed by atoms with Gasteiger partial charge in [0.15, 0.2) is 0 Å². The molecule has 0 bridgehead atoms. The van der Waals surface area contributed by atoms with Crippen molar-refractivity contribution in [3.8, 4) is 10.8 Å². The summed E-state index contributed by atoms with van der Waals surface area (Å²) >= 11 is 1.42. The van der Waals surface area contributed by atoms with Gasteiger partial charge >= 0.3 is 5.76 Å². The Kier molecular flexibility index (Phi) is 4.38. The lowest BCUT2D eigenvalue weighted by Crippen LogP contribution is -2.31. The number of thiophene rings is 1. The van der Waals surface area contributed by atoms with Crippen LogP contribution in [0.25, 0.3) is 10.8 Å². The molecule has 2 heterocycles. The van der Waals surface area contributed by atoms with E-state index in [1.807, 2.05) is 42.6 Å². The van der Waals surface area contributed by atoms with Crippen LogP contribution in [0.4, 0.5) is 0 Å². The van der Waals surface area contributed by atoms with Crippen LogP contribution in [-0.4, -0.2) is 15.7 Å². The maximum Gasteiger partial charge on any atom is 0.437 e. The van der Waals surface area contributed by atoms with E-state index in [0.29, 0.717) is 6.54 Å². The average molecular weight is 329 g/mol. The third-order valence-electron chi connectivity index (χ3n) is 3.24. The van der Waals surface area contributed by atoms with Crippen molar-refractivity contribution in [1.82, 2.24) is 15.1 Å². The van der Waals surface area contributed by atoms with Crippen LogP contribution < -0.4 is 11.1 Å². The summed E-state index contributed by atoms with van der Waals surface area (Å²) in [5.41, 5.74) is 2.16. The molecule has 3 aromatic rings. The SMILES string of the molecule is Cc1ccc(CNC(=O)Cn2nc(-c3cccs3)oc2=O)cc1. The Balaban J connectivity index is 1.62. The molecule has 2 aromatic heterocycles. The van der Waals surface area contributed by atoms with E-state index >= 15 is 0 Å². The van der Waals surface area contributed by atoms with Gasteiger partial charge in [-0.2, -0.15) is 4.68 Å². The zero-order valence-corrected chi connectivity index (χ0v) is 13.3. The molecule has 1 N–H and O–H groups in total. The van der Waals surface area contributed by atoms with Gasteiger partial charge in [0, 0.05) is 6.54 Å². The lowest BCUT2D eigenvalue weighted by Gasteiger charge is -2.05. The Morgan fingerprint density at radius 2 is 2.09 bits per heavy atom. The van der Waals surface area contributed by atoms with Gasteiger partial charge in [-0.1, -0.05) is 35.9 Å². The highest BCUT2D eigenvalue weighted by molar-refractivity contribution is 7.13. The normalized spacial score (nSPS) is 10.7. The highest BCUT2D eigenvalue weighted by Crippen LogP contribution is 2.20. The van der Waals surface area contributed by atoms with Crippen LogP contribution in [0.2, 0.25) is 0 Å². The molecule has 6 nitrogen and oxygen atoms in total. The molecule has 0 atom stereocenters. The van der Waals surface area contributed by atoms with E-state index in [2.05, 4.69) is 10.4 Å². The Bertz CT molecular complexity index is 848. The van der Waals surface area contributed by atoms with Crippen molar-refractivity contribution in [1.29, 1.82) is 0 Å². The number of hydrogen-bond donors (Lipinski definition) is 1. The van der Waals surface area contributed by atoms with Crippen molar-refractivity contribution in [2.24, 2.45) is 0 Å². The van der Waals surface area contributed by atoms with E-state index in [1.165, 1.54) is 11.3 Å². The molecule has 3 rings (SSSR count). The van der Waals surface area contributed by atoms with Gasteiger partial charge in [0.1, 0.15) is 6.54 Å². The van der Waals surface area contributed by atoms with Crippen molar-refractivity contribution in [3.63, 3.8) is 0 Å². The number of aryl methyl sites for hydroxylation is 1. The standard InChI is InChI=1S/C16H15N3O3S/c1-11-4-6-12(7-5-11)9-17-14(20)10-19-16(21)22-15(18-19)13-3-2-8-23-13/h2-8H,9-10H2,1H3,(H,17,20). The molecule has 1 amide bonds. The fourth-order valence-electron chi connectivity index (χ4n) is 2.00. The second-order valence-electron chi connectivity index (χ2n) is 5.07. The van der Waals surface area contributed by atoms with Crippen molar-refractivity contribution in [2.75, 3.05) is 0 Å². The van der Waals surface area contributed by atoms with Crippen molar-refractivity contribution < 1.29 is 9.21 Å². The first kappa shape index (κ1) is 15.2. The quantitative estimate of drug-likeness (QED) is 0.778. The topological polar surface area (TPSA) is 77.1 Å². The minimum atomic E-state index is -0.640. The van der Waals surface area contributed by atoms with Crippen molar-refractivity contribution in [3.05, 3.63) is 63.5 Å². The first-order valence-corrected chi connectivity index (χ1v) is 7.94. The van der Waals surface area contributed by atoms with Crippen LogP contribution >= 0.6 is 11.3 Å². The van der Waals surface area contributed by atoms with Gasteiger partial charge in [0.05, 0.1) is 4.88 Å². The molecule has 0 unspecified atom stereocenters. The Hall–Kier alpha value is -2.67. The van der Waals surface area contributed by atoms with Crippen molar-refractivity contribution >= 4 is 17.2 Å².